The van der Waals surface area contributed by atoms with E-state index in [2.05, 4.69) is 5.32 Å². The number of rotatable bonds is 4. The van der Waals surface area contributed by atoms with Crippen molar-refractivity contribution in [2.75, 3.05) is 5.32 Å². The van der Waals surface area contributed by atoms with Gasteiger partial charge >= 0.3 is 0 Å². The normalized spacial score (nSPS) is 11.4. The van der Waals surface area contributed by atoms with Crippen molar-refractivity contribution in [2.45, 2.75) is 39.2 Å². The third-order valence-corrected chi connectivity index (χ3v) is 2.72. The molecule has 1 aromatic rings. The van der Waals surface area contributed by atoms with Gasteiger partial charge in [-0.3, -0.25) is 4.79 Å². The van der Waals surface area contributed by atoms with Crippen molar-refractivity contribution in [3.05, 3.63) is 28.8 Å². The van der Waals surface area contributed by atoms with Crippen molar-refractivity contribution in [3.8, 4) is 0 Å². The van der Waals surface area contributed by atoms with Gasteiger partial charge in [0.05, 0.1) is 10.7 Å². The van der Waals surface area contributed by atoms with Crippen LogP contribution in [0.2, 0.25) is 5.02 Å². The second-order valence-electron chi connectivity index (χ2n) is 5.02. The summed E-state index contributed by atoms with van der Waals surface area (Å²) in [6.07, 6.45) is 1.04. The number of carbonyl (C=O) groups excluding carboxylic acids is 1. The van der Waals surface area contributed by atoms with Gasteiger partial charge in [0, 0.05) is 12.0 Å². The van der Waals surface area contributed by atoms with Gasteiger partial charge in [-0.15, -0.1) is 0 Å². The molecule has 94 valence electrons. The van der Waals surface area contributed by atoms with E-state index in [1.807, 2.05) is 32.9 Å². The average molecular weight is 255 g/mol. The van der Waals surface area contributed by atoms with Crippen LogP contribution in [0.3, 0.4) is 0 Å². The van der Waals surface area contributed by atoms with Gasteiger partial charge in [-0.25, -0.2) is 0 Å². The zero-order valence-corrected chi connectivity index (χ0v) is 11.3. The highest BCUT2D eigenvalue weighted by molar-refractivity contribution is 6.33. The number of anilines is 1. The molecule has 0 unspecified atom stereocenters. The first kappa shape index (κ1) is 14.0. The Morgan fingerprint density at radius 3 is 2.71 bits per heavy atom. The first-order valence-corrected chi connectivity index (χ1v) is 6.00. The summed E-state index contributed by atoms with van der Waals surface area (Å²) >= 11 is 5.99. The summed E-state index contributed by atoms with van der Waals surface area (Å²) in [6, 6.07) is 5.54. The molecule has 0 aliphatic carbocycles. The molecule has 0 bridgehead atoms. The van der Waals surface area contributed by atoms with Crippen LogP contribution < -0.4 is 11.1 Å². The van der Waals surface area contributed by atoms with Crippen LogP contribution in [0.1, 0.15) is 32.3 Å². The summed E-state index contributed by atoms with van der Waals surface area (Å²) in [4.78, 5) is 11.7. The van der Waals surface area contributed by atoms with Crippen molar-refractivity contribution in [2.24, 2.45) is 5.73 Å². The van der Waals surface area contributed by atoms with E-state index in [1.165, 1.54) is 0 Å². The molecule has 1 amide bonds. The molecule has 3 N–H and O–H groups in total. The fourth-order valence-electron chi connectivity index (χ4n) is 1.38. The van der Waals surface area contributed by atoms with E-state index in [0.717, 1.165) is 5.56 Å². The van der Waals surface area contributed by atoms with Crippen LogP contribution in [-0.2, 0) is 4.79 Å². The van der Waals surface area contributed by atoms with Crippen LogP contribution in [0.4, 0.5) is 5.69 Å². The largest absolute Gasteiger partial charge is 0.326 e. The Morgan fingerprint density at radius 1 is 1.47 bits per heavy atom. The van der Waals surface area contributed by atoms with Crippen molar-refractivity contribution in [1.82, 2.24) is 0 Å². The van der Waals surface area contributed by atoms with Crippen LogP contribution in [0.5, 0.6) is 0 Å². The molecule has 0 atom stereocenters. The molecule has 0 aliphatic rings. The van der Waals surface area contributed by atoms with E-state index < -0.39 is 0 Å². The van der Waals surface area contributed by atoms with E-state index in [4.69, 9.17) is 17.3 Å². The predicted molar refractivity (Wildman–Crippen MR) is 72.3 cm³/mol. The third kappa shape index (κ3) is 5.20. The van der Waals surface area contributed by atoms with Crippen LogP contribution in [-0.4, -0.2) is 11.4 Å². The molecular weight excluding hydrogens is 236 g/mol. The minimum absolute atomic E-state index is 0.0592. The van der Waals surface area contributed by atoms with E-state index >= 15 is 0 Å². The number of carbonyl (C=O) groups is 1. The highest BCUT2D eigenvalue weighted by Crippen LogP contribution is 2.23. The summed E-state index contributed by atoms with van der Waals surface area (Å²) < 4.78 is 0. The molecule has 0 aromatic heterocycles. The van der Waals surface area contributed by atoms with Crippen molar-refractivity contribution in [1.29, 1.82) is 0 Å². The van der Waals surface area contributed by atoms with E-state index in [0.29, 0.717) is 23.6 Å². The standard InChI is InChI=1S/C13H19ClN2O/c1-9-4-5-10(14)11(8-9)16-12(17)6-7-13(2,3)15/h4-5,8H,6-7,15H2,1-3H3,(H,16,17). The molecule has 0 fully saturated rings. The Kier molecular flexibility index (Phi) is 4.54. The van der Waals surface area contributed by atoms with Crippen LogP contribution in [0.15, 0.2) is 18.2 Å². The number of benzene rings is 1. The Labute approximate surface area is 107 Å². The lowest BCUT2D eigenvalue weighted by Gasteiger charge is -2.17. The maximum atomic E-state index is 11.7. The molecule has 1 rings (SSSR count). The fourth-order valence-corrected chi connectivity index (χ4v) is 1.55. The van der Waals surface area contributed by atoms with Crippen LogP contribution >= 0.6 is 11.6 Å². The maximum Gasteiger partial charge on any atom is 0.224 e. The van der Waals surface area contributed by atoms with E-state index in [1.54, 1.807) is 6.07 Å². The predicted octanol–water partition coefficient (Wildman–Crippen LogP) is 3.10. The van der Waals surface area contributed by atoms with Crippen LogP contribution in [0.25, 0.3) is 0 Å². The van der Waals surface area contributed by atoms with Crippen LogP contribution in [0, 0.1) is 6.92 Å². The maximum absolute atomic E-state index is 11.7. The van der Waals surface area contributed by atoms with Gasteiger partial charge in [0.15, 0.2) is 0 Å². The van der Waals surface area contributed by atoms with Crippen molar-refractivity contribution >= 4 is 23.2 Å². The van der Waals surface area contributed by atoms with Gasteiger partial charge in [-0.05, 0) is 44.9 Å². The number of hydrogen-bond donors (Lipinski definition) is 2. The molecule has 1 aromatic carbocycles. The summed E-state index contributed by atoms with van der Waals surface area (Å²) in [5.41, 5.74) is 7.22. The molecule has 0 heterocycles. The van der Waals surface area contributed by atoms with Gasteiger partial charge in [0.1, 0.15) is 0 Å². The lowest BCUT2D eigenvalue weighted by Crippen LogP contribution is -2.33. The van der Waals surface area contributed by atoms with Gasteiger partial charge in [0.25, 0.3) is 0 Å². The quantitative estimate of drug-likeness (QED) is 0.868. The zero-order chi connectivity index (χ0) is 13.1. The summed E-state index contributed by atoms with van der Waals surface area (Å²) in [5, 5.41) is 3.35. The first-order chi connectivity index (χ1) is 7.78. The minimum atomic E-state index is -0.326. The number of nitrogens with one attached hydrogen (secondary N) is 1. The average Bonchev–Trinajstić information content (AvgIpc) is 2.20. The third-order valence-electron chi connectivity index (χ3n) is 2.39. The fraction of sp³-hybridized carbons (Fsp3) is 0.462. The molecule has 3 nitrogen and oxygen atoms in total. The number of amides is 1. The van der Waals surface area contributed by atoms with Gasteiger partial charge in [-0.2, -0.15) is 0 Å². The topological polar surface area (TPSA) is 55.1 Å². The second-order valence-corrected chi connectivity index (χ2v) is 5.43. The highest BCUT2D eigenvalue weighted by atomic mass is 35.5. The number of aryl methyl sites for hydroxylation is 1. The SMILES string of the molecule is Cc1ccc(Cl)c(NC(=O)CCC(C)(C)N)c1. The number of hydrogen-bond acceptors (Lipinski definition) is 2. The lowest BCUT2D eigenvalue weighted by molar-refractivity contribution is -0.116. The minimum Gasteiger partial charge on any atom is -0.326 e. The molecule has 0 saturated heterocycles. The Balaban J connectivity index is 2.59. The van der Waals surface area contributed by atoms with Gasteiger partial charge < -0.3 is 11.1 Å². The molecule has 0 aliphatic heterocycles. The molecule has 4 heteroatoms. The summed E-state index contributed by atoms with van der Waals surface area (Å²) in [7, 11) is 0. The number of halogens is 1. The molecule has 0 spiro atoms. The smallest absolute Gasteiger partial charge is 0.224 e. The molecule has 0 radical (unpaired) electrons. The molecule has 0 saturated carbocycles. The Morgan fingerprint density at radius 2 is 2.12 bits per heavy atom. The first-order valence-electron chi connectivity index (χ1n) is 5.63. The highest BCUT2D eigenvalue weighted by Gasteiger charge is 2.13. The second kappa shape index (κ2) is 5.52. The summed E-state index contributed by atoms with van der Waals surface area (Å²) in [6.45, 7) is 5.76. The van der Waals surface area contributed by atoms with Gasteiger partial charge in [-0.1, -0.05) is 17.7 Å². The van der Waals surface area contributed by atoms with Gasteiger partial charge in [0.2, 0.25) is 5.91 Å². The summed E-state index contributed by atoms with van der Waals surface area (Å²) in [5.74, 6) is -0.0592. The lowest BCUT2D eigenvalue weighted by atomic mass is 10.00. The van der Waals surface area contributed by atoms with Crippen molar-refractivity contribution in [3.63, 3.8) is 0 Å². The zero-order valence-electron chi connectivity index (χ0n) is 10.5. The van der Waals surface area contributed by atoms with E-state index in [9.17, 15) is 4.79 Å². The molecular formula is C13H19ClN2O. The van der Waals surface area contributed by atoms with E-state index in [-0.39, 0.29) is 11.4 Å². The van der Waals surface area contributed by atoms with Crippen molar-refractivity contribution < 1.29 is 4.79 Å². The number of nitrogens with two attached hydrogens (primary N) is 1. The Hall–Kier alpha value is -1.06. The Bertz CT molecular complexity index is 410. The monoisotopic (exact) mass is 254 g/mol. The molecule has 17 heavy (non-hydrogen) atoms.